The van der Waals surface area contributed by atoms with Crippen molar-refractivity contribution in [1.29, 1.82) is 0 Å². The Bertz CT molecular complexity index is 1780. The number of likely N-dealkylation sites (N-methyl/N-ethyl adjacent to an activating group) is 1. The molecule has 0 aliphatic rings. The smallest absolute Gasteiger partial charge is 0.420 e. The molecular weight excluding hydrogens is 638 g/mol. The third-order valence-corrected chi connectivity index (χ3v) is 7.01. The summed E-state index contributed by atoms with van der Waals surface area (Å²) in [5.41, 5.74) is -1.97. The zero-order chi connectivity index (χ0) is 32.9. The van der Waals surface area contributed by atoms with Gasteiger partial charge >= 0.3 is 12.1 Å². The fourth-order valence-electron chi connectivity index (χ4n) is 4.33. The number of aromatic carboxylic acids is 1. The molecule has 1 aromatic heterocycles. The summed E-state index contributed by atoms with van der Waals surface area (Å²) in [6.07, 6.45) is -4.20. The van der Waals surface area contributed by atoms with Gasteiger partial charge in [0.25, 0.3) is 5.56 Å². The molecule has 0 aliphatic heterocycles. The fraction of sp³-hybridized carbons (Fsp3) is 0.161. The number of carbonyl (C=O) groups is 3. The van der Waals surface area contributed by atoms with Crippen molar-refractivity contribution in [1.82, 2.24) is 9.88 Å². The molecule has 14 heteroatoms. The van der Waals surface area contributed by atoms with Crippen LogP contribution >= 0.6 is 23.2 Å². The molecule has 1 atom stereocenters. The van der Waals surface area contributed by atoms with Crippen molar-refractivity contribution in [2.45, 2.75) is 25.2 Å². The van der Waals surface area contributed by atoms with Gasteiger partial charge in [0.1, 0.15) is 23.9 Å². The maximum Gasteiger partial charge on any atom is 0.420 e. The third kappa shape index (κ3) is 8.43. The molecule has 0 spiro atoms. The minimum atomic E-state index is -5.04. The standard InChI is InChI=1S/C31H24Cl2F3N3O6/c1-38(22-9-7-20(32)8-10-22)28(41)25(13-18-5-3-2-4-6-18)37-26(40)17-39-12-11-24(31(34,35)36)27(29(39)42)45-23-15-19(30(43)44)14-21(33)16-23/h2-12,14-16,25H,13,17H2,1H3,(H,37,40)(H,43,44)/t25-/m0/s1. The number of alkyl halides is 3. The Morgan fingerprint density at radius 3 is 2.27 bits per heavy atom. The van der Waals surface area contributed by atoms with Gasteiger partial charge in [-0.1, -0.05) is 53.5 Å². The molecule has 3 aromatic carbocycles. The van der Waals surface area contributed by atoms with Crippen LogP contribution in [0.4, 0.5) is 18.9 Å². The highest BCUT2D eigenvalue weighted by atomic mass is 35.5. The van der Waals surface area contributed by atoms with Crippen molar-refractivity contribution in [2.75, 3.05) is 11.9 Å². The Kier molecular flexibility index (Phi) is 10.2. The van der Waals surface area contributed by atoms with Gasteiger partial charge in [-0.25, -0.2) is 4.79 Å². The van der Waals surface area contributed by atoms with E-state index in [1.807, 2.05) is 0 Å². The van der Waals surface area contributed by atoms with Crippen LogP contribution in [0.1, 0.15) is 21.5 Å². The molecule has 1 heterocycles. The number of nitrogens with zero attached hydrogens (tertiary/aromatic N) is 2. The molecule has 234 valence electrons. The Labute approximate surface area is 264 Å². The second kappa shape index (κ2) is 13.9. The summed E-state index contributed by atoms with van der Waals surface area (Å²) in [4.78, 5) is 52.6. The third-order valence-electron chi connectivity index (χ3n) is 6.54. The van der Waals surface area contributed by atoms with Crippen molar-refractivity contribution in [3.63, 3.8) is 0 Å². The van der Waals surface area contributed by atoms with Crippen LogP contribution in [0.15, 0.2) is 89.9 Å². The topological polar surface area (TPSA) is 118 Å². The van der Waals surface area contributed by atoms with Crippen molar-refractivity contribution in [3.05, 3.63) is 122 Å². The maximum atomic E-state index is 13.8. The number of halogens is 5. The number of aromatic nitrogens is 1. The molecule has 0 bridgehead atoms. The van der Waals surface area contributed by atoms with Gasteiger partial charge in [0.05, 0.1) is 5.56 Å². The monoisotopic (exact) mass is 661 g/mol. The van der Waals surface area contributed by atoms with Gasteiger partial charge in [0.2, 0.25) is 17.6 Å². The number of nitrogens with one attached hydrogen (secondary N) is 1. The van der Waals surface area contributed by atoms with E-state index in [0.717, 1.165) is 24.4 Å². The summed E-state index contributed by atoms with van der Waals surface area (Å²) in [7, 11) is 1.51. The quantitative estimate of drug-likeness (QED) is 0.214. The number of carboxylic acid groups (broad SMARTS) is 1. The Hall–Kier alpha value is -4.81. The molecular formula is C31H24Cl2F3N3O6. The zero-order valence-electron chi connectivity index (χ0n) is 23.3. The highest BCUT2D eigenvalue weighted by Crippen LogP contribution is 2.36. The van der Waals surface area contributed by atoms with E-state index in [1.54, 1.807) is 54.6 Å². The number of benzene rings is 3. The molecule has 2 amide bonds. The molecule has 45 heavy (non-hydrogen) atoms. The van der Waals surface area contributed by atoms with Gasteiger partial charge < -0.3 is 24.6 Å². The van der Waals surface area contributed by atoms with Crippen LogP contribution in [-0.4, -0.2) is 40.5 Å². The number of ether oxygens (including phenoxy) is 1. The van der Waals surface area contributed by atoms with Crippen LogP contribution in [0.5, 0.6) is 11.5 Å². The average Bonchev–Trinajstić information content (AvgIpc) is 2.98. The predicted octanol–water partition coefficient (Wildman–Crippen LogP) is 6.05. The van der Waals surface area contributed by atoms with E-state index in [1.165, 1.54) is 11.9 Å². The van der Waals surface area contributed by atoms with E-state index in [4.69, 9.17) is 27.9 Å². The molecule has 2 N–H and O–H groups in total. The number of carboxylic acids is 1. The number of anilines is 1. The van der Waals surface area contributed by atoms with Gasteiger partial charge in [-0.3, -0.25) is 14.4 Å². The van der Waals surface area contributed by atoms with Crippen LogP contribution in [-0.2, 0) is 28.7 Å². The first-order valence-corrected chi connectivity index (χ1v) is 13.9. The molecule has 0 saturated heterocycles. The average molecular weight is 662 g/mol. The lowest BCUT2D eigenvalue weighted by Crippen LogP contribution is -2.50. The van der Waals surface area contributed by atoms with Gasteiger partial charge in [-0.15, -0.1) is 0 Å². The lowest BCUT2D eigenvalue weighted by Gasteiger charge is -2.25. The molecule has 4 aromatic rings. The largest absolute Gasteiger partial charge is 0.478 e. The summed E-state index contributed by atoms with van der Waals surface area (Å²) >= 11 is 11.8. The van der Waals surface area contributed by atoms with Gasteiger partial charge in [0, 0.05) is 35.4 Å². The van der Waals surface area contributed by atoms with Gasteiger partial charge in [-0.2, -0.15) is 13.2 Å². The SMILES string of the molecule is CN(C(=O)[C@H](Cc1ccccc1)NC(=O)Cn1ccc(C(F)(F)F)c(Oc2cc(Cl)cc(C(=O)O)c2)c1=O)c1ccc(Cl)cc1. The summed E-state index contributed by atoms with van der Waals surface area (Å²) in [5, 5.41) is 12.1. The zero-order valence-corrected chi connectivity index (χ0v) is 24.9. The second-order valence-electron chi connectivity index (χ2n) is 9.76. The number of amides is 2. The Balaban J connectivity index is 1.63. The number of pyridine rings is 1. The van der Waals surface area contributed by atoms with Crippen LogP contribution in [0, 0.1) is 0 Å². The number of hydrogen-bond donors (Lipinski definition) is 2. The van der Waals surface area contributed by atoms with Crippen molar-refractivity contribution < 1.29 is 37.4 Å². The molecule has 0 aliphatic carbocycles. The van der Waals surface area contributed by atoms with Crippen LogP contribution in [0.25, 0.3) is 0 Å². The normalized spacial score (nSPS) is 11.9. The lowest BCUT2D eigenvalue weighted by molar-refractivity contribution is -0.138. The Morgan fingerprint density at radius 1 is 0.978 bits per heavy atom. The molecule has 9 nitrogen and oxygen atoms in total. The number of carbonyl (C=O) groups excluding carboxylic acids is 2. The van der Waals surface area contributed by atoms with Gasteiger partial charge in [-0.05, 0) is 54.1 Å². The van der Waals surface area contributed by atoms with Crippen molar-refractivity contribution in [2.24, 2.45) is 0 Å². The predicted molar refractivity (Wildman–Crippen MR) is 161 cm³/mol. The highest BCUT2D eigenvalue weighted by Gasteiger charge is 2.37. The van der Waals surface area contributed by atoms with E-state index >= 15 is 0 Å². The summed E-state index contributed by atoms with van der Waals surface area (Å²) in [6.45, 7) is -0.771. The van der Waals surface area contributed by atoms with Crippen LogP contribution in [0.3, 0.4) is 0 Å². The first-order chi connectivity index (χ1) is 21.2. The fourth-order valence-corrected chi connectivity index (χ4v) is 4.68. The van der Waals surface area contributed by atoms with E-state index in [0.29, 0.717) is 26.9 Å². The lowest BCUT2D eigenvalue weighted by atomic mass is 10.0. The van der Waals surface area contributed by atoms with Crippen molar-refractivity contribution in [3.8, 4) is 11.5 Å². The highest BCUT2D eigenvalue weighted by molar-refractivity contribution is 6.31. The minimum Gasteiger partial charge on any atom is -0.478 e. The van der Waals surface area contributed by atoms with E-state index in [2.05, 4.69) is 5.32 Å². The second-order valence-corrected chi connectivity index (χ2v) is 10.6. The van der Waals surface area contributed by atoms with Crippen molar-refractivity contribution >= 4 is 46.7 Å². The van der Waals surface area contributed by atoms with Crippen LogP contribution < -0.4 is 20.5 Å². The summed E-state index contributed by atoms with van der Waals surface area (Å²) in [5.74, 6) is -4.42. The van der Waals surface area contributed by atoms with E-state index < -0.39 is 59.2 Å². The van der Waals surface area contributed by atoms with E-state index in [9.17, 15) is 37.5 Å². The van der Waals surface area contributed by atoms with Gasteiger partial charge in [0.15, 0.2) is 0 Å². The number of hydrogen-bond acceptors (Lipinski definition) is 5. The first-order valence-electron chi connectivity index (χ1n) is 13.1. The molecule has 0 radical (unpaired) electrons. The maximum absolute atomic E-state index is 13.8. The molecule has 0 fully saturated rings. The molecule has 0 unspecified atom stereocenters. The first kappa shape index (κ1) is 33.1. The molecule has 0 saturated carbocycles. The summed E-state index contributed by atoms with van der Waals surface area (Å²) in [6, 6.07) is 17.6. The molecule has 4 rings (SSSR count). The van der Waals surface area contributed by atoms with Crippen LogP contribution in [0.2, 0.25) is 10.0 Å². The van der Waals surface area contributed by atoms with E-state index in [-0.39, 0.29) is 17.0 Å². The Morgan fingerprint density at radius 2 is 1.64 bits per heavy atom. The number of rotatable bonds is 10. The minimum absolute atomic E-state index is 0.0697. The summed E-state index contributed by atoms with van der Waals surface area (Å²) < 4.78 is 47.4.